The minimum absolute atomic E-state index is 0.0761. The number of nitrogens with two attached hydrogens (primary N) is 1. The SMILES string of the molecule is CN(C)Cc1ccccc1-c1ccc(N2CNc3c(C(F)(F)F)nn(-c4ccc5onc(N)c5c4)c3C2=O)cc1. The molecule has 5 aromatic rings. The Morgan fingerprint density at radius 1 is 1.05 bits per heavy atom. The van der Waals surface area contributed by atoms with Gasteiger partial charge in [0.05, 0.1) is 17.7 Å². The second-order valence-corrected chi connectivity index (χ2v) is 9.74. The van der Waals surface area contributed by atoms with Crippen LogP contribution in [0, 0.1) is 0 Å². The monoisotopic (exact) mass is 547 g/mol. The Labute approximate surface area is 226 Å². The van der Waals surface area contributed by atoms with E-state index < -0.39 is 17.8 Å². The van der Waals surface area contributed by atoms with E-state index in [2.05, 4.69) is 26.5 Å². The number of anilines is 3. The van der Waals surface area contributed by atoms with Crippen LogP contribution in [0.25, 0.3) is 27.8 Å². The molecule has 1 aliphatic rings. The Morgan fingerprint density at radius 2 is 1.77 bits per heavy atom. The van der Waals surface area contributed by atoms with Crippen molar-refractivity contribution in [2.24, 2.45) is 0 Å². The van der Waals surface area contributed by atoms with Crippen LogP contribution in [-0.2, 0) is 12.7 Å². The molecule has 0 spiro atoms. The molecule has 0 bridgehead atoms. The van der Waals surface area contributed by atoms with Crippen LogP contribution in [0.5, 0.6) is 0 Å². The lowest BCUT2D eigenvalue weighted by Gasteiger charge is -2.29. The molecule has 40 heavy (non-hydrogen) atoms. The number of rotatable bonds is 5. The van der Waals surface area contributed by atoms with E-state index in [0.717, 1.165) is 27.9 Å². The fraction of sp³-hybridized carbons (Fsp3) is 0.179. The quantitative estimate of drug-likeness (QED) is 0.305. The highest BCUT2D eigenvalue weighted by Gasteiger charge is 2.43. The normalized spacial score (nSPS) is 13.7. The molecule has 3 aromatic carbocycles. The molecule has 3 N–H and O–H groups in total. The van der Waals surface area contributed by atoms with Crippen molar-refractivity contribution in [2.75, 3.05) is 36.7 Å². The predicted octanol–water partition coefficient (Wildman–Crippen LogP) is 5.37. The fourth-order valence-corrected chi connectivity index (χ4v) is 4.91. The summed E-state index contributed by atoms with van der Waals surface area (Å²) < 4.78 is 47.9. The molecule has 2 aromatic heterocycles. The number of carbonyl (C=O) groups excluding carboxylic acids is 1. The van der Waals surface area contributed by atoms with Gasteiger partial charge in [0.1, 0.15) is 5.69 Å². The number of hydrogen-bond acceptors (Lipinski definition) is 7. The van der Waals surface area contributed by atoms with Gasteiger partial charge in [-0.15, -0.1) is 0 Å². The van der Waals surface area contributed by atoms with E-state index in [1.54, 1.807) is 12.1 Å². The maximum atomic E-state index is 13.9. The van der Waals surface area contributed by atoms with E-state index in [-0.39, 0.29) is 29.6 Å². The average molecular weight is 548 g/mol. The van der Waals surface area contributed by atoms with Crippen molar-refractivity contribution in [3.8, 4) is 16.8 Å². The number of carbonyl (C=O) groups is 1. The molecule has 0 aliphatic carbocycles. The summed E-state index contributed by atoms with van der Waals surface area (Å²) in [6.07, 6.45) is -4.79. The lowest BCUT2D eigenvalue weighted by molar-refractivity contribution is -0.140. The Bertz CT molecular complexity index is 1740. The number of alkyl halides is 3. The molecule has 0 fully saturated rings. The van der Waals surface area contributed by atoms with Crippen LogP contribution in [0.3, 0.4) is 0 Å². The molecule has 0 atom stereocenters. The Hall–Kier alpha value is -4.84. The van der Waals surface area contributed by atoms with Crippen molar-refractivity contribution in [3.05, 3.63) is 83.7 Å². The van der Waals surface area contributed by atoms with Crippen molar-refractivity contribution < 1.29 is 22.5 Å². The number of nitrogens with one attached hydrogen (secondary N) is 1. The van der Waals surface area contributed by atoms with Crippen LogP contribution >= 0.6 is 0 Å². The Kier molecular flexibility index (Phi) is 5.99. The van der Waals surface area contributed by atoms with Crippen molar-refractivity contribution in [2.45, 2.75) is 12.7 Å². The van der Waals surface area contributed by atoms with E-state index in [1.165, 1.54) is 23.1 Å². The number of fused-ring (bicyclic) bond motifs is 2. The fourth-order valence-electron chi connectivity index (χ4n) is 4.91. The topological polar surface area (TPSA) is 105 Å². The van der Waals surface area contributed by atoms with Crippen molar-refractivity contribution in [3.63, 3.8) is 0 Å². The highest BCUT2D eigenvalue weighted by Crippen LogP contribution is 2.40. The number of aromatic nitrogens is 3. The molecular weight excluding hydrogens is 523 g/mol. The van der Waals surface area contributed by atoms with Gasteiger partial charge in [0.15, 0.2) is 22.8 Å². The summed E-state index contributed by atoms with van der Waals surface area (Å²) in [5, 5.41) is 10.7. The van der Waals surface area contributed by atoms with Gasteiger partial charge in [0, 0.05) is 12.2 Å². The van der Waals surface area contributed by atoms with Gasteiger partial charge in [-0.3, -0.25) is 9.69 Å². The largest absolute Gasteiger partial charge is 0.437 e. The summed E-state index contributed by atoms with van der Waals surface area (Å²) in [5.74, 6) is -0.553. The molecule has 3 heterocycles. The number of nitrogens with zero attached hydrogens (tertiary/aromatic N) is 5. The predicted molar refractivity (Wildman–Crippen MR) is 145 cm³/mol. The molecule has 9 nitrogen and oxygen atoms in total. The van der Waals surface area contributed by atoms with Crippen LogP contribution in [-0.4, -0.2) is 46.5 Å². The summed E-state index contributed by atoms with van der Waals surface area (Å²) in [7, 11) is 3.99. The first kappa shape index (κ1) is 25.4. The van der Waals surface area contributed by atoms with Crippen LogP contribution in [0.4, 0.5) is 30.4 Å². The first-order valence-electron chi connectivity index (χ1n) is 12.4. The van der Waals surface area contributed by atoms with Gasteiger partial charge in [0.25, 0.3) is 5.91 Å². The number of halogens is 3. The van der Waals surface area contributed by atoms with Gasteiger partial charge in [-0.2, -0.15) is 18.3 Å². The number of benzene rings is 3. The van der Waals surface area contributed by atoms with Crippen LogP contribution in [0.1, 0.15) is 21.7 Å². The Morgan fingerprint density at radius 3 is 2.50 bits per heavy atom. The second-order valence-electron chi connectivity index (χ2n) is 9.74. The van der Waals surface area contributed by atoms with Crippen LogP contribution in [0.15, 0.2) is 71.3 Å². The zero-order chi connectivity index (χ0) is 28.2. The summed E-state index contributed by atoms with van der Waals surface area (Å²) in [4.78, 5) is 17.2. The maximum Gasteiger partial charge on any atom is 0.437 e. The summed E-state index contributed by atoms with van der Waals surface area (Å²) >= 11 is 0. The first-order chi connectivity index (χ1) is 19.1. The molecule has 6 rings (SSSR count). The van der Waals surface area contributed by atoms with Crippen molar-refractivity contribution >= 4 is 34.1 Å². The summed E-state index contributed by atoms with van der Waals surface area (Å²) in [6, 6.07) is 19.9. The summed E-state index contributed by atoms with van der Waals surface area (Å²) in [5.41, 5.74) is 8.31. The second kappa shape index (κ2) is 9.42. The molecule has 1 amide bonds. The zero-order valence-corrected chi connectivity index (χ0v) is 21.5. The van der Waals surface area contributed by atoms with Crippen molar-refractivity contribution in [1.29, 1.82) is 0 Å². The molecular formula is C28H24F3N7O2. The highest BCUT2D eigenvalue weighted by atomic mass is 19.4. The molecule has 204 valence electrons. The third kappa shape index (κ3) is 4.31. The van der Waals surface area contributed by atoms with Gasteiger partial charge >= 0.3 is 6.18 Å². The number of hydrogen-bond donors (Lipinski definition) is 2. The summed E-state index contributed by atoms with van der Waals surface area (Å²) in [6.45, 7) is 0.599. The zero-order valence-electron chi connectivity index (χ0n) is 21.5. The number of amides is 1. The van der Waals surface area contributed by atoms with E-state index in [1.807, 2.05) is 44.4 Å². The molecule has 1 aliphatic heterocycles. The highest BCUT2D eigenvalue weighted by molar-refractivity contribution is 6.11. The maximum absolute atomic E-state index is 13.9. The lowest BCUT2D eigenvalue weighted by Crippen LogP contribution is -2.41. The minimum atomic E-state index is -4.79. The Balaban J connectivity index is 1.39. The molecule has 0 radical (unpaired) electrons. The van der Waals surface area contributed by atoms with Gasteiger partial charge in [-0.05, 0) is 61.1 Å². The average Bonchev–Trinajstić information content (AvgIpc) is 3.50. The van der Waals surface area contributed by atoms with Gasteiger partial charge in [-0.25, -0.2) is 4.68 Å². The van der Waals surface area contributed by atoms with Gasteiger partial charge in [0.2, 0.25) is 0 Å². The lowest BCUT2D eigenvalue weighted by atomic mass is 9.99. The van der Waals surface area contributed by atoms with Gasteiger partial charge in [-0.1, -0.05) is 41.6 Å². The third-order valence-corrected chi connectivity index (χ3v) is 6.74. The smallest absolute Gasteiger partial charge is 0.380 e. The van der Waals surface area contributed by atoms with Crippen molar-refractivity contribution in [1.82, 2.24) is 19.8 Å². The number of nitrogen functional groups attached to an aromatic ring is 1. The molecule has 0 saturated heterocycles. The van der Waals surface area contributed by atoms with Crippen LogP contribution < -0.4 is 16.0 Å². The molecule has 0 saturated carbocycles. The van der Waals surface area contributed by atoms with E-state index >= 15 is 0 Å². The van der Waals surface area contributed by atoms with Crippen LogP contribution in [0.2, 0.25) is 0 Å². The first-order valence-corrected chi connectivity index (χ1v) is 12.4. The minimum Gasteiger partial charge on any atom is -0.380 e. The van der Waals surface area contributed by atoms with Gasteiger partial charge < -0.3 is 20.5 Å². The van der Waals surface area contributed by atoms with E-state index in [9.17, 15) is 18.0 Å². The third-order valence-electron chi connectivity index (χ3n) is 6.74. The van der Waals surface area contributed by atoms with E-state index in [0.29, 0.717) is 16.7 Å². The standard InChI is InChI=1S/C28H24F3N7O2/c1-36(2)14-17-5-3-4-6-20(17)16-7-9-18(10-8-16)37-15-33-23-24(27(37)39)38(34-25(23)28(29,30)31)19-11-12-22-21(13-19)26(32)35-40-22/h3-13,33H,14-15H2,1-2H3,(H2,32,35). The van der Waals surface area contributed by atoms with E-state index in [4.69, 9.17) is 10.3 Å². The molecule has 0 unspecified atom stereocenters. The molecule has 12 heteroatoms.